The molecule has 0 saturated carbocycles. The Morgan fingerprint density at radius 3 is 2.65 bits per heavy atom. The van der Waals surface area contributed by atoms with Gasteiger partial charge in [0.2, 0.25) is 5.91 Å². The van der Waals surface area contributed by atoms with Crippen LogP contribution in [0.2, 0.25) is 0 Å². The van der Waals surface area contributed by atoms with Gasteiger partial charge < -0.3 is 9.64 Å². The minimum Gasteiger partial charge on any atom is -0.377 e. The van der Waals surface area contributed by atoms with Crippen molar-refractivity contribution in [3.8, 4) is 0 Å². The Labute approximate surface area is 105 Å². The zero-order valence-corrected chi connectivity index (χ0v) is 11.5. The summed E-state index contributed by atoms with van der Waals surface area (Å²) in [5.41, 5.74) is 0. The minimum atomic E-state index is 0.0128. The van der Waals surface area contributed by atoms with Crippen molar-refractivity contribution in [2.24, 2.45) is 0 Å². The van der Waals surface area contributed by atoms with E-state index in [1.165, 1.54) is 0 Å². The molecule has 0 radical (unpaired) electrons. The van der Waals surface area contributed by atoms with E-state index in [4.69, 9.17) is 4.74 Å². The summed E-state index contributed by atoms with van der Waals surface area (Å²) in [7, 11) is 0. The molecule has 0 aliphatic carbocycles. The highest BCUT2D eigenvalue weighted by Crippen LogP contribution is 2.17. The van der Waals surface area contributed by atoms with E-state index in [9.17, 15) is 4.79 Å². The van der Waals surface area contributed by atoms with E-state index in [1.807, 2.05) is 18.7 Å². The number of carbonyl (C=O) groups is 1. The number of nitrogens with zero attached hydrogens (tertiary/aromatic N) is 1. The maximum atomic E-state index is 12.2. The maximum absolute atomic E-state index is 12.2. The summed E-state index contributed by atoms with van der Waals surface area (Å²) < 4.78 is 5.52. The zero-order chi connectivity index (χ0) is 12.8. The van der Waals surface area contributed by atoms with Crippen LogP contribution < -0.4 is 5.32 Å². The van der Waals surface area contributed by atoms with Crippen molar-refractivity contribution in [1.29, 1.82) is 0 Å². The fourth-order valence-corrected chi connectivity index (χ4v) is 2.41. The first-order valence-electron chi connectivity index (χ1n) is 6.82. The van der Waals surface area contributed by atoms with Gasteiger partial charge in [0, 0.05) is 13.2 Å². The second-order valence-corrected chi connectivity index (χ2v) is 4.69. The van der Waals surface area contributed by atoms with Crippen molar-refractivity contribution in [3.05, 3.63) is 0 Å². The van der Waals surface area contributed by atoms with Gasteiger partial charge in [-0.1, -0.05) is 20.3 Å². The smallest absolute Gasteiger partial charge is 0.241 e. The number of ether oxygens (including phenoxy) is 1. The molecule has 3 atom stereocenters. The van der Waals surface area contributed by atoms with Crippen LogP contribution in [-0.4, -0.2) is 42.3 Å². The SMILES string of the molecule is CCCC1NC(CC)N(CC(C)OCC)C1=O. The van der Waals surface area contributed by atoms with Crippen LogP contribution in [0.1, 0.15) is 47.0 Å². The summed E-state index contributed by atoms with van der Waals surface area (Å²) in [5, 5.41) is 3.41. The van der Waals surface area contributed by atoms with E-state index >= 15 is 0 Å². The van der Waals surface area contributed by atoms with Gasteiger partial charge in [-0.3, -0.25) is 10.1 Å². The lowest BCUT2D eigenvalue weighted by atomic mass is 10.1. The van der Waals surface area contributed by atoms with E-state index in [0.717, 1.165) is 19.3 Å². The van der Waals surface area contributed by atoms with E-state index in [-0.39, 0.29) is 24.2 Å². The molecule has 1 saturated heterocycles. The fraction of sp³-hybridized carbons (Fsp3) is 0.923. The molecular formula is C13H26N2O2. The number of nitrogens with one attached hydrogen (secondary N) is 1. The lowest BCUT2D eigenvalue weighted by Gasteiger charge is -2.26. The summed E-state index contributed by atoms with van der Waals surface area (Å²) in [6.07, 6.45) is 3.20. The molecule has 1 heterocycles. The van der Waals surface area contributed by atoms with Gasteiger partial charge in [0.1, 0.15) is 0 Å². The highest BCUT2D eigenvalue weighted by atomic mass is 16.5. The Bertz CT molecular complexity index is 246. The number of rotatable bonds is 7. The van der Waals surface area contributed by atoms with Gasteiger partial charge in [-0.2, -0.15) is 0 Å². The van der Waals surface area contributed by atoms with Crippen molar-refractivity contribution in [3.63, 3.8) is 0 Å². The molecule has 1 aliphatic rings. The zero-order valence-electron chi connectivity index (χ0n) is 11.5. The molecule has 1 rings (SSSR count). The second-order valence-electron chi connectivity index (χ2n) is 4.69. The predicted molar refractivity (Wildman–Crippen MR) is 68.7 cm³/mol. The number of amides is 1. The topological polar surface area (TPSA) is 41.6 Å². The minimum absolute atomic E-state index is 0.0128. The Morgan fingerprint density at radius 2 is 2.12 bits per heavy atom. The molecule has 0 aromatic heterocycles. The van der Waals surface area contributed by atoms with E-state index in [2.05, 4.69) is 19.2 Å². The summed E-state index contributed by atoms with van der Waals surface area (Å²) in [5.74, 6) is 0.241. The Morgan fingerprint density at radius 1 is 1.41 bits per heavy atom. The van der Waals surface area contributed by atoms with Crippen LogP contribution in [0.15, 0.2) is 0 Å². The van der Waals surface area contributed by atoms with Crippen molar-refractivity contribution in [2.45, 2.75) is 65.3 Å². The highest BCUT2D eigenvalue weighted by molar-refractivity contribution is 5.84. The molecule has 100 valence electrons. The molecule has 4 nitrogen and oxygen atoms in total. The Hall–Kier alpha value is -0.610. The van der Waals surface area contributed by atoms with Gasteiger partial charge in [0.25, 0.3) is 0 Å². The molecule has 0 spiro atoms. The van der Waals surface area contributed by atoms with Crippen molar-refractivity contribution in [2.75, 3.05) is 13.2 Å². The third-order valence-corrected chi connectivity index (χ3v) is 3.22. The van der Waals surface area contributed by atoms with E-state index in [1.54, 1.807) is 0 Å². The normalized spacial score (nSPS) is 26.6. The standard InChI is InChI=1S/C13H26N2O2/c1-5-8-11-13(16)15(12(6-2)14-11)9-10(4)17-7-3/h10-12,14H,5-9H2,1-4H3. The molecule has 1 amide bonds. The van der Waals surface area contributed by atoms with Crippen LogP contribution in [0.4, 0.5) is 0 Å². The van der Waals surface area contributed by atoms with Gasteiger partial charge in [-0.25, -0.2) is 0 Å². The molecule has 1 aliphatic heterocycles. The molecule has 4 heteroatoms. The van der Waals surface area contributed by atoms with E-state index in [0.29, 0.717) is 13.2 Å². The highest BCUT2D eigenvalue weighted by Gasteiger charge is 2.37. The van der Waals surface area contributed by atoms with Gasteiger partial charge in [0.15, 0.2) is 0 Å². The van der Waals surface area contributed by atoms with Crippen molar-refractivity contribution >= 4 is 5.91 Å². The third kappa shape index (κ3) is 3.68. The van der Waals surface area contributed by atoms with Crippen molar-refractivity contribution in [1.82, 2.24) is 10.2 Å². The monoisotopic (exact) mass is 242 g/mol. The average Bonchev–Trinajstić information content (AvgIpc) is 2.58. The Balaban J connectivity index is 2.58. The number of hydrogen-bond donors (Lipinski definition) is 1. The first-order valence-corrected chi connectivity index (χ1v) is 6.82. The maximum Gasteiger partial charge on any atom is 0.241 e. The molecule has 1 N–H and O–H groups in total. The van der Waals surface area contributed by atoms with Crippen LogP contribution in [0.25, 0.3) is 0 Å². The average molecular weight is 242 g/mol. The second kappa shape index (κ2) is 6.97. The molecular weight excluding hydrogens is 216 g/mol. The van der Waals surface area contributed by atoms with Gasteiger partial charge >= 0.3 is 0 Å². The summed E-state index contributed by atoms with van der Waals surface area (Å²) in [6, 6.07) is 0.0128. The van der Waals surface area contributed by atoms with Crippen LogP contribution in [0.5, 0.6) is 0 Å². The lowest BCUT2D eigenvalue weighted by Crippen LogP contribution is -2.41. The van der Waals surface area contributed by atoms with Gasteiger partial charge in [-0.15, -0.1) is 0 Å². The third-order valence-electron chi connectivity index (χ3n) is 3.22. The summed E-state index contributed by atoms with van der Waals surface area (Å²) >= 11 is 0. The first-order chi connectivity index (χ1) is 8.13. The van der Waals surface area contributed by atoms with Gasteiger partial charge in [-0.05, 0) is 26.7 Å². The van der Waals surface area contributed by atoms with Crippen LogP contribution in [0, 0.1) is 0 Å². The molecule has 0 aromatic rings. The van der Waals surface area contributed by atoms with Crippen molar-refractivity contribution < 1.29 is 9.53 Å². The van der Waals surface area contributed by atoms with Crippen LogP contribution >= 0.6 is 0 Å². The Kier molecular flexibility index (Phi) is 5.92. The number of carbonyl (C=O) groups excluding carboxylic acids is 1. The fourth-order valence-electron chi connectivity index (χ4n) is 2.41. The van der Waals surface area contributed by atoms with E-state index < -0.39 is 0 Å². The van der Waals surface area contributed by atoms with Crippen LogP contribution in [-0.2, 0) is 9.53 Å². The van der Waals surface area contributed by atoms with Crippen LogP contribution in [0.3, 0.4) is 0 Å². The van der Waals surface area contributed by atoms with Gasteiger partial charge in [0.05, 0.1) is 18.3 Å². The molecule has 17 heavy (non-hydrogen) atoms. The number of hydrogen-bond acceptors (Lipinski definition) is 3. The largest absolute Gasteiger partial charge is 0.377 e. The molecule has 1 fully saturated rings. The predicted octanol–water partition coefficient (Wildman–Crippen LogP) is 1.75. The first kappa shape index (κ1) is 14.5. The summed E-state index contributed by atoms with van der Waals surface area (Å²) in [6.45, 7) is 9.62. The summed E-state index contributed by atoms with van der Waals surface area (Å²) in [4.78, 5) is 14.2. The lowest BCUT2D eigenvalue weighted by molar-refractivity contribution is -0.132. The molecule has 0 aromatic carbocycles. The quantitative estimate of drug-likeness (QED) is 0.739. The molecule has 3 unspecified atom stereocenters. The molecule has 0 bridgehead atoms.